The summed E-state index contributed by atoms with van der Waals surface area (Å²) < 4.78 is 10.1. The number of carbonyl (C=O) groups is 8. The molecule has 0 aromatic heterocycles. The van der Waals surface area contributed by atoms with Gasteiger partial charge in [0.25, 0.3) is 0 Å². The van der Waals surface area contributed by atoms with Crippen LogP contribution in [0.4, 0.5) is 21.0 Å². The SMILES string of the molecule is CC(C)(C)OC(=O)NCC(=O)NCC(=O)Nc1ccc(NC(=O)CNC(=O)CNC(=O)OC(C)(C)C)c2c1C(=O)c1ccccc1C2=O. The van der Waals surface area contributed by atoms with E-state index in [1.165, 1.54) is 24.3 Å². The maximum atomic E-state index is 13.6. The summed E-state index contributed by atoms with van der Waals surface area (Å²) in [5.41, 5.74) is -1.85. The van der Waals surface area contributed by atoms with Crippen molar-refractivity contribution in [3.63, 3.8) is 0 Å². The molecule has 1 aliphatic carbocycles. The maximum absolute atomic E-state index is 13.6. The number of ether oxygens (including phenoxy) is 2. The Balaban J connectivity index is 1.70. The van der Waals surface area contributed by atoms with Gasteiger partial charge >= 0.3 is 12.2 Å². The van der Waals surface area contributed by atoms with Crippen LogP contribution in [0.2, 0.25) is 0 Å². The number of alkyl carbamates (subject to hydrolysis) is 2. The first kappa shape index (κ1) is 36.7. The molecule has 6 amide bonds. The van der Waals surface area contributed by atoms with Gasteiger partial charge in [0.2, 0.25) is 23.6 Å². The van der Waals surface area contributed by atoms with Crippen LogP contribution in [-0.2, 0) is 28.7 Å². The predicted octanol–water partition coefficient (Wildman–Crippen LogP) is 1.62. The Bertz CT molecular complexity index is 1540. The molecule has 0 unspecified atom stereocenters. The van der Waals surface area contributed by atoms with Crippen LogP contribution >= 0.6 is 0 Å². The topological polar surface area (TPSA) is 227 Å². The van der Waals surface area contributed by atoms with Gasteiger partial charge in [-0.1, -0.05) is 24.3 Å². The number of fused-ring (bicyclic) bond motifs is 2. The molecule has 0 aliphatic heterocycles. The van der Waals surface area contributed by atoms with Crippen molar-refractivity contribution in [1.29, 1.82) is 0 Å². The Hall–Kier alpha value is -5.80. The average molecular weight is 667 g/mol. The van der Waals surface area contributed by atoms with Gasteiger partial charge in [-0.3, -0.25) is 28.8 Å². The number of benzene rings is 2. The first-order valence-electron chi connectivity index (χ1n) is 14.8. The highest BCUT2D eigenvalue weighted by Gasteiger charge is 2.34. The first-order valence-corrected chi connectivity index (χ1v) is 14.8. The highest BCUT2D eigenvalue weighted by atomic mass is 16.6. The largest absolute Gasteiger partial charge is 0.444 e. The zero-order chi connectivity index (χ0) is 35.8. The lowest BCUT2D eigenvalue weighted by molar-refractivity contribution is -0.123. The molecule has 256 valence electrons. The summed E-state index contributed by atoms with van der Waals surface area (Å²) in [5, 5.41) is 14.2. The highest BCUT2D eigenvalue weighted by Crippen LogP contribution is 2.36. The van der Waals surface area contributed by atoms with Crippen molar-refractivity contribution in [3.05, 3.63) is 58.7 Å². The van der Waals surface area contributed by atoms with Crippen molar-refractivity contribution < 1.29 is 47.8 Å². The van der Waals surface area contributed by atoms with Gasteiger partial charge in [0.1, 0.15) is 24.3 Å². The molecule has 48 heavy (non-hydrogen) atoms. The molecule has 16 nitrogen and oxygen atoms in total. The van der Waals surface area contributed by atoms with E-state index in [0.29, 0.717) is 0 Å². The van der Waals surface area contributed by atoms with Gasteiger partial charge in [-0.2, -0.15) is 0 Å². The summed E-state index contributed by atoms with van der Waals surface area (Å²) in [4.78, 5) is 101. The number of hydrogen-bond acceptors (Lipinski definition) is 10. The number of carbonyl (C=O) groups excluding carboxylic acids is 8. The lowest BCUT2D eigenvalue weighted by Crippen LogP contribution is -2.42. The van der Waals surface area contributed by atoms with Gasteiger partial charge < -0.3 is 41.4 Å². The van der Waals surface area contributed by atoms with Crippen molar-refractivity contribution in [3.8, 4) is 0 Å². The van der Waals surface area contributed by atoms with Crippen molar-refractivity contribution in [2.24, 2.45) is 0 Å². The molecule has 6 N–H and O–H groups in total. The fourth-order valence-electron chi connectivity index (χ4n) is 4.24. The van der Waals surface area contributed by atoms with Crippen LogP contribution in [0.25, 0.3) is 0 Å². The van der Waals surface area contributed by atoms with Gasteiger partial charge in [-0.15, -0.1) is 0 Å². The second-order valence-corrected chi connectivity index (χ2v) is 12.5. The minimum absolute atomic E-state index is 0.0523. The zero-order valence-electron chi connectivity index (χ0n) is 27.4. The van der Waals surface area contributed by atoms with Gasteiger partial charge in [-0.25, -0.2) is 9.59 Å². The van der Waals surface area contributed by atoms with Gasteiger partial charge in [0, 0.05) is 11.1 Å². The predicted molar refractivity (Wildman–Crippen MR) is 172 cm³/mol. The molecule has 3 rings (SSSR count). The standard InChI is InChI=1S/C32H38N6O10/c1-31(2,3)47-29(45)35-13-21(39)33-15-23(41)37-19-11-12-20(26-25(19)27(43)17-9-7-8-10-18(17)28(26)44)38-24(42)16-34-22(40)14-36-30(46)48-32(4,5)6/h7-12H,13-16H2,1-6H3,(H,33,39)(H,34,40)(H,35,45)(H,36,46)(H,37,41)(H,38,42). The molecule has 0 heterocycles. The molecule has 0 saturated heterocycles. The third-order valence-electron chi connectivity index (χ3n) is 6.10. The lowest BCUT2D eigenvalue weighted by atomic mass is 9.82. The van der Waals surface area contributed by atoms with Crippen LogP contribution in [0, 0.1) is 0 Å². The number of hydrogen-bond donors (Lipinski definition) is 6. The van der Waals surface area contributed by atoms with Gasteiger partial charge in [0.15, 0.2) is 11.6 Å². The summed E-state index contributed by atoms with van der Waals surface area (Å²) in [7, 11) is 0. The molecular formula is C32H38N6O10. The summed E-state index contributed by atoms with van der Waals surface area (Å²) in [6, 6.07) is 8.66. The maximum Gasteiger partial charge on any atom is 0.408 e. The number of ketones is 2. The molecule has 0 saturated carbocycles. The molecule has 0 bridgehead atoms. The van der Waals surface area contributed by atoms with E-state index in [4.69, 9.17) is 9.47 Å². The van der Waals surface area contributed by atoms with Crippen LogP contribution in [0.15, 0.2) is 36.4 Å². The van der Waals surface area contributed by atoms with Crippen LogP contribution in [0.5, 0.6) is 0 Å². The fourth-order valence-corrected chi connectivity index (χ4v) is 4.24. The molecule has 1 aliphatic rings. The van der Waals surface area contributed by atoms with E-state index < -0.39 is 84.8 Å². The van der Waals surface area contributed by atoms with Gasteiger partial charge in [-0.05, 0) is 53.7 Å². The van der Waals surface area contributed by atoms with Crippen LogP contribution in [-0.4, -0.2) is 84.8 Å². The zero-order valence-corrected chi connectivity index (χ0v) is 27.4. The van der Waals surface area contributed by atoms with E-state index in [2.05, 4.69) is 31.9 Å². The molecule has 0 radical (unpaired) electrons. The first-order chi connectivity index (χ1) is 22.3. The van der Waals surface area contributed by atoms with Crippen molar-refractivity contribution in [1.82, 2.24) is 21.3 Å². The summed E-state index contributed by atoms with van der Waals surface area (Å²) in [6.07, 6.45) is -1.64. The summed E-state index contributed by atoms with van der Waals surface area (Å²) >= 11 is 0. The van der Waals surface area contributed by atoms with Crippen molar-refractivity contribution >= 4 is 58.8 Å². The quantitative estimate of drug-likeness (QED) is 0.183. The molecule has 16 heteroatoms. The average Bonchev–Trinajstić information content (AvgIpc) is 2.98. The highest BCUT2D eigenvalue weighted by molar-refractivity contribution is 6.32. The van der Waals surface area contributed by atoms with Crippen LogP contribution in [0.1, 0.15) is 73.4 Å². The number of rotatable bonds is 10. The van der Waals surface area contributed by atoms with E-state index in [-0.39, 0.29) is 33.6 Å². The van der Waals surface area contributed by atoms with E-state index in [9.17, 15) is 38.4 Å². The second-order valence-electron chi connectivity index (χ2n) is 12.5. The molecule has 2 aromatic rings. The molecule has 0 spiro atoms. The van der Waals surface area contributed by atoms with Crippen LogP contribution in [0.3, 0.4) is 0 Å². The minimum atomic E-state index is -0.818. The van der Waals surface area contributed by atoms with E-state index >= 15 is 0 Å². The molecule has 2 aromatic carbocycles. The van der Waals surface area contributed by atoms with E-state index in [0.717, 1.165) is 0 Å². The van der Waals surface area contributed by atoms with Gasteiger partial charge in [0.05, 0.1) is 35.6 Å². The Kier molecular flexibility index (Phi) is 11.6. The third-order valence-corrected chi connectivity index (χ3v) is 6.10. The van der Waals surface area contributed by atoms with E-state index in [1.807, 2.05) is 0 Å². The van der Waals surface area contributed by atoms with E-state index in [1.54, 1.807) is 53.7 Å². The van der Waals surface area contributed by atoms with Crippen molar-refractivity contribution in [2.45, 2.75) is 52.7 Å². The summed E-state index contributed by atoms with van der Waals surface area (Å²) in [6.45, 7) is 7.94. The molecular weight excluding hydrogens is 628 g/mol. The smallest absolute Gasteiger partial charge is 0.408 e. The lowest BCUT2D eigenvalue weighted by Gasteiger charge is -2.23. The minimum Gasteiger partial charge on any atom is -0.444 e. The Morgan fingerprint density at radius 3 is 1.19 bits per heavy atom. The Morgan fingerprint density at radius 2 is 0.854 bits per heavy atom. The van der Waals surface area contributed by atoms with Crippen molar-refractivity contribution in [2.75, 3.05) is 36.8 Å². The van der Waals surface area contributed by atoms with Crippen LogP contribution < -0.4 is 31.9 Å². The Labute approximate surface area is 276 Å². The fraction of sp³-hybridized carbons (Fsp3) is 0.375. The number of anilines is 2. The summed E-state index contributed by atoms with van der Waals surface area (Å²) in [5.74, 6) is -4.08. The third kappa shape index (κ3) is 10.6. The monoisotopic (exact) mass is 666 g/mol. The normalized spacial score (nSPS) is 12.0. The molecule has 0 fully saturated rings. The Morgan fingerprint density at radius 1 is 0.521 bits per heavy atom. The molecule has 0 atom stereocenters. The number of nitrogens with one attached hydrogen (secondary N) is 6. The second kappa shape index (κ2) is 15.2. The number of amides is 6.